The Morgan fingerprint density at radius 2 is 1.68 bits per heavy atom. The molecule has 28 heavy (non-hydrogen) atoms. The number of nitrogens with zero attached hydrogens (tertiary/aromatic N) is 3. The highest BCUT2D eigenvalue weighted by atomic mass is 16.5. The topological polar surface area (TPSA) is 59.5 Å². The number of rotatable bonds is 6. The Kier molecular flexibility index (Phi) is 5.80. The first-order chi connectivity index (χ1) is 13.8. The second-order valence-corrected chi connectivity index (χ2v) is 6.74. The summed E-state index contributed by atoms with van der Waals surface area (Å²) < 4.78 is 10.6. The second kappa shape index (κ2) is 8.82. The average molecular weight is 376 g/mol. The maximum Gasteiger partial charge on any atom is 0.153 e. The molecule has 6 nitrogen and oxygen atoms in total. The highest BCUT2D eigenvalue weighted by Crippen LogP contribution is 2.22. The fraction of sp³-hybridized carbons (Fsp3) is 0.273. The van der Waals surface area contributed by atoms with Gasteiger partial charge in [-0.25, -0.2) is 0 Å². The molecule has 0 saturated carbocycles. The maximum absolute atomic E-state index is 5.40. The molecule has 1 saturated heterocycles. The van der Waals surface area contributed by atoms with E-state index in [2.05, 4.69) is 44.7 Å². The molecule has 1 fully saturated rings. The van der Waals surface area contributed by atoms with Crippen molar-refractivity contribution in [2.24, 2.45) is 0 Å². The van der Waals surface area contributed by atoms with Crippen LogP contribution in [0, 0.1) is 0 Å². The van der Waals surface area contributed by atoms with Crippen LogP contribution in [-0.4, -0.2) is 48.5 Å². The molecule has 0 spiro atoms. The highest BCUT2D eigenvalue weighted by Gasteiger charge is 2.10. The van der Waals surface area contributed by atoms with Crippen LogP contribution in [0.1, 0.15) is 5.56 Å². The molecule has 0 bridgehead atoms. The Hall–Kier alpha value is -2.96. The van der Waals surface area contributed by atoms with E-state index in [0.717, 1.165) is 61.4 Å². The van der Waals surface area contributed by atoms with E-state index in [0.29, 0.717) is 0 Å². The van der Waals surface area contributed by atoms with Crippen molar-refractivity contribution in [2.75, 3.05) is 38.7 Å². The monoisotopic (exact) mass is 376 g/mol. The summed E-state index contributed by atoms with van der Waals surface area (Å²) in [5.41, 5.74) is 4.13. The third-order valence-corrected chi connectivity index (χ3v) is 4.79. The van der Waals surface area contributed by atoms with Crippen molar-refractivity contribution < 1.29 is 9.47 Å². The van der Waals surface area contributed by atoms with Gasteiger partial charge in [-0.05, 0) is 54.1 Å². The highest BCUT2D eigenvalue weighted by molar-refractivity contribution is 5.62. The molecule has 0 atom stereocenters. The van der Waals surface area contributed by atoms with Gasteiger partial charge in [-0.1, -0.05) is 12.1 Å². The number of morpholine rings is 1. The van der Waals surface area contributed by atoms with Crippen LogP contribution in [0.25, 0.3) is 11.3 Å². The summed E-state index contributed by atoms with van der Waals surface area (Å²) in [6.45, 7) is 4.60. The minimum atomic E-state index is 0.721. The first-order valence-electron chi connectivity index (χ1n) is 9.44. The van der Waals surface area contributed by atoms with E-state index < -0.39 is 0 Å². The summed E-state index contributed by atoms with van der Waals surface area (Å²) in [5.74, 6) is 1.55. The summed E-state index contributed by atoms with van der Waals surface area (Å²) in [4.78, 5) is 2.41. The molecule has 1 N–H and O–H groups in total. The van der Waals surface area contributed by atoms with Gasteiger partial charge in [0.15, 0.2) is 5.82 Å². The molecule has 0 amide bonds. The number of anilines is 2. The minimum Gasteiger partial charge on any atom is -0.497 e. The van der Waals surface area contributed by atoms with Crippen molar-refractivity contribution in [1.29, 1.82) is 0 Å². The molecule has 2 aromatic carbocycles. The Bertz CT molecular complexity index is 874. The van der Waals surface area contributed by atoms with Crippen LogP contribution in [-0.2, 0) is 11.3 Å². The Balaban J connectivity index is 1.37. The van der Waals surface area contributed by atoms with Gasteiger partial charge in [-0.3, -0.25) is 4.90 Å². The molecule has 4 rings (SSSR count). The van der Waals surface area contributed by atoms with E-state index in [9.17, 15) is 0 Å². The minimum absolute atomic E-state index is 0.721. The lowest BCUT2D eigenvalue weighted by Crippen LogP contribution is -2.35. The summed E-state index contributed by atoms with van der Waals surface area (Å²) in [6.07, 6.45) is 0. The lowest BCUT2D eigenvalue weighted by molar-refractivity contribution is 0.0342. The summed E-state index contributed by atoms with van der Waals surface area (Å²) >= 11 is 0. The van der Waals surface area contributed by atoms with Crippen LogP contribution < -0.4 is 10.1 Å². The van der Waals surface area contributed by atoms with Gasteiger partial charge in [0.25, 0.3) is 0 Å². The van der Waals surface area contributed by atoms with Gasteiger partial charge in [-0.15, -0.1) is 10.2 Å². The molecule has 2 heterocycles. The van der Waals surface area contributed by atoms with E-state index >= 15 is 0 Å². The second-order valence-electron chi connectivity index (χ2n) is 6.74. The molecule has 0 radical (unpaired) electrons. The molecule has 0 unspecified atom stereocenters. The molecular formula is C22H24N4O2. The maximum atomic E-state index is 5.40. The summed E-state index contributed by atoms with van der Waals surface area (Å²) in [5, 5.41) is 11.9. The van der Waals surface area contributed by atoms with Gasteiger partial charge in [0.05, 0.1) is 26.0 Å². The lowest BCUT2D eigenvalue weighted by Gasteiger charge is -2.26. The van der Waals surface area contributed by atoms with E-state index in [1.165, 1.54) is 5.56 Å². The number of benzene rings is 2. The van der Waals surface area contributed by atoms with Crippen LogP contribution >= 0.6 is 0 Å². The zero-order valence-corrected chi connectivity index (χ0v) is 16.0. The Labute approximate surface area is 165 Å². The standard InChI is InChI=1S/C22H24N4O2/c1-27-20-8-4-18(5-9-20)21-10-11-22(25-24-21)23-19-6-2-17(3-7-19)16-26-12-14-28-15-13-26/h2-11H,12-16H2,1H3,(H,23,25). The van der Waals surface area contributed by atoms with E-state index in [1.54, 1.807) is 7.11 Å². The van der Waals surface area contributed by atoms with Gasteiger partial charge < -0.3 is 14.8 Å². The summed E-state index contributed by atoms with van der Waals surface area (Å²) in [7, 11) is 1.66. The molecule has 1 aliphatic heterocycles. The number of hydrogen-bond acceptors (Lipinski definition) is 6. The van der Waals surface area contributed by atoms with Crippen LogP contribution in [0.15, 0.2) is 60.7 Å². The zero-order chi connectivity index (χ0) is 19.2. The van der Waals surface area contributed by atoms with Crippen molar-refractivity contribution in [1.82, 2.24) is 15.1 Å². The average Bonchev–Trinajstić information content (AvgIpc) is 2.76. The predicted molar refractivity (Wildman–Crippen MR) is 110 cm³/mol. The van der Waals surface area contributed by atoms with Crippen molar-refractivity contribution in [3.05, 3.63) is 66.2 Å². The fourth-order valence-electron chi connectivity index (χ4n) is 3.17. The van der Waals surface area contributed by atoms with Crippen molar-refractivity contribution in [2.45, 2.75) is 6.54 Å². The van der Waals surface area contributed by atoms with Gasteiger partial charge >= 0.3 is 0 Å². The molecule has 1 aromatic heterocycles. The van der Waals surface area contributed by atoms with E-state index in [-0.39, 0.29) is 0 Å². The quantitative estimate of drug-likeness (QED) is 0.707. The van der Waals surface area contributed by atoms with E-state index in [4.69, 9.17) is 9.47 Å². The van der Waals surface area contributed by atoms with Crippen molar-refractivity contribution in [3.63, 3.8) is 0 Å². The first-order valence-corrected chi connectivity index (χ1v) is 9.44. The zero-order valence-electron chi connectivity index (χ0n) is 16.0. The molecule has 0 aliphatic carbocycles. The largest absolute Gasteiger partial charge is 0.497 e. The van der Waals surface area contributed by atoms with E-state index in [1.807, 2.05) is 36.4 Å². The molecular weight excluding hydrogens is 352 g/mol. The molecule has 6 heteroatoms. The SMILES string of the molecule is COc1ccc(-c2ccc(Nc3ccc(CN4CCOCC4)cc3)nn2)cc1. The third kappa shape index (κ3) is 4.65. The Morgan fingerprint density at radius 3 is 2.32 bits per heavy atom. The number of aromatic nitrogens is 2. The van der Waals surface area contributed by atoms with Gasteiger partial charge in [-0.2, -0.15) is 0 Å². The third-order valence-electron chi connectivity index (χ3n) is 4.79. The van der Waals surface area contributed by atoms with Crippen LogP contribution in [0.5, 0.6) is 5.75 Å². The molecule has 3 aromatic rings. The van der Waals surface area contributed by atoms with Gasteiger partial charge in [0, 0.05) is 30.9 Å². The van der Waals surface area contributed by atoms with Crippen LogP contribution in [0.3, 0.4) is 0 Å². The predicted octanol–water partition coefficient (Wildman–Crippen LogP) is 3.73. The normalized spacial score (nSPS) is 14.6. The van der Waals surface area contributed by atoms with Crippen molar-refractivity contribution in [3.8, 4) is 17.0 Å². The summed E-state index contributed by atoms with van der Waals surface area (Å²) in [6, 6.07) is 20.1. The van der Waals surface area contributed by atoms with Crippen molar-refractivity contribution >= 4 is 11.5 Å². The van der Waals surface area contributed by atoms with Crippen LogP contribution in [0.4, 0.5) is 11.5 Å². The molecule has 1 aliphatic rings. The Morgan fingerprint density at radius 1 is 0.929 bits per heavy atom. The number of nitrogens with one attached hydrogen (secondary N) is 1. The number of hydrogen-bond donors (Lipinski definition) is 1. The molecule has 144 valence electrons. The first kappa shape index (κ1) is 18.4. The smallest absolute Gasteiger partial charge is 0.153 e. The number of ether oxygens (including phenoxy) is 2. The van der Waals surface area contributed by atoms with Gasteiger partial charge in [0.1, 0.15) is 5.75 Å². The fourth-order valence-corrected chi connectivity index (χ4v) is 3.17. The van der Waals surface area contributed by atoms with Gasteiger partial charge in [0.2, 0.25) is 0 Å². The lowest BCUT2D eigenvalue weighted by atomic mass is 10.1. The van der Waals surface area contributed by atoms with Crippen LogP contribution in [0.2, 0.25) is 0 Å². The number of methoxy groups -OCH3 is 1.